The van der Waals surface area contributed by atoms with E-state index in [9.17, 15) is 14.0 Å². The van der Waals surface area contributed by atoms with Crippen LogP contribution in [0.15, 0.2) is 24.3 Å². The number of ether oxygens (including phenoxy) is 3. The summed E-state index contributed by atoms with van der Waals surface area (Å²) in [5, 5.41) is 2.83. The molecule has 1 aliphatic carbocycles. The molecule has 4 aliphatic heterocycles. The molecule has 2 saturated heterocycles. The van der Waals surface area contributed by atoms with E-state index in [0.717, 1.165) is 37.0 Å². The van der Waals surface area contributed by atoms with Gasteiger partial charge in [0, 0.05) is 6.54 Å². The Bertz CT molecular complexity index is 843. The fraction of sp³-hybridized carbons (Fsp3) is 0.652. The van der Waals surface area contributed by atoms with Gasteiger partial charge in [0.05, 0.1) is 30.9 Å². The number of piperidine rings is 1. The molecule has 0 radical (unpaired) electrons. The Morgan fingerprint density at radius 1 is 1.10 bits per heavy atom. The molecule has 1 aromatic carbocycles. The second-order valence-electron chi connectivity index (χ2n) is 9.11. The third-order valence-corrected chi connectivity index (χ3v) is 7.30. The highest BCUT2D eigenvalue weighted by atomic mass is 19.1. The van der Waals surface area contributed by atoms with Gasteiger partial charge in [0.15, 0.2) is 6.61 Å². The van der Waals surface area contributed by atoms with Crippen LogP contribution in [0.4, 0.5) is 4.39 Å². The minimum atomic E-state index is -1.97. The maximum atomic E-state index is 13.7. The first kappa shape index (κ1) is 20.7. The van der Waals surface area contributed by atoms with Crippen molar-refractivity contribution in [2.24, 2.45) is 0 Å². The van der Waals surface area contributed by atoms with E-state index in [1.165, 1.54) is 0 Å². The lowest BCUT2D eigenvalue weighted by Crippen LogP contribution is -2.73. The third kappa shape index (κ3) is 3.91. The van der Waals surface area contributed by atoms with Crippen molar-refractivity contribution < 1.29 is 28.2 Å². The smallest absolute Gasteiger partial charge is 0.282 e. The van der Waals surface area contributed by atoms with Gasteiger partial charge in [-0.25, -0.2) is 4.39 Å². The second-order valence-corrected chi connectivity index (χ2v) is 9.11. The summed E-state index contributed by atoms with van der Waals surface area (Å²) in [6.07, 6.45) is 3.30. The number of rotatable bonds is 0. The molecule has 3 fully saturated rings. The summed E-state index contributed by atoms with van der Waals surface area (Å²) in [5.41, 5.74) is 0.310. The van der Waals surface area contributed by atoms with E-state index in [1.807, 2.05) is 18.2 Å². The van der Waals surface area contributed by atoms with Gasteiger partial charge in [-0.2, -0.15) is 0 Å². The molecule has 8 heteroatoms. The van der Waals surface area contributed by atoms with Crippen LogP contribution in [0.5, 0.6) is 5.75 Å². The third-order valence-electron chi connectivity index (χ3n) is 7.30. The number of para-hydroxylation sites is 1. The van der Waals surface area contributed by atoms with Crippen LogP contribution < -0.4 is 10.1 Å². The van der Waals surface area contributed by atoms with Gasteiger partial charge in [-0.3, -0.25) is 9.59 Å². The van der Waals surface area contributed by atoms with Crippen molar-refractivity contribution in [2.75, 3.05) is 26.4 Å². The van der Waals surface area contributed by atoms with Gasteiger partial charge < -0.3 is 24.4 Å². The molecule has 168 valence electrons. The van der Waals surface area contributed by atoms with E-state index in [1.54, 1.807) is 4.90 Å². The Hall–Kier alpha value is -2.19. The van der Waals surface area contributed by atoms with Gasteiger partial charge in [0.25, 0.3) is 18.2 Å². The van der Waals surface area contributed by atoms with Crippen molar-refractivity contribution in [1.82, 2.24) is 10.2 Å². The second kappa shape index (κ2) is 8.39. The molecule has 1 saturated carbocycles. The number of nitrogens with one attached hydrogen (secondary N) is 1. The minimum Gasteiger partial charge on any atom is -0.483 e. The number of carbonyl (C=O) groups excluding carboxylic acids is 2. The summed E-state index contributed by atoms with van der Waals surface area (Å²) in [7, 11) is 0. The van der Waals surface area contributed by atoms with Crippen LogP contribution in [0.25, 0.3) is 0 Å². The lowest BCUT2D eigenvalue weighted by atomic mass is 9.80. The Labute approximate surface area is 181 Å². The molecule has 6 rings (SSSR count). The van der Waals surface area contributed by atoms with E-state index >= 15 is 0 Å². The Morgan fingerprint density at radius 3 is 2.71 bits per heavy atom. The van der Waals surface area contributed by atoms with Gasteiger partial charge in [-0.1, -0.05) is 18.2 Å². The molecule has 4 heterocycles. The highest BCUT2D eigenvalue weighted by Gasteiger charge is 2.51. The number of halogens is 1. The molecule has 5 aliphatic rings. The zero-order valence-electron chi connectivity index (χ0n) is 17.6. The van der Waals surface area contributed by atoms with Crippen LogP contribution in [-0.4, -0.2) is 67.1 Å². The van der Waals surface area contributed by atoms with Crippen molar-refractivity contribution in [2.45, 2.75) is 68.5 Å². The standard InChI is InChI=1S/C23H29FN2O5/c24-21-22(28)25-23(14-31-21)10-3-11-26-19(23)12-29-16-8-6-15(7-9-16)17-4-1-2-5-18(17)30-13-20(26)27/h1-2,4-5,15-16,19,21H,3,6-14H2,(H,25,28)/t15?,16?,19-,21?,23+/m0/s1. The highest BCUT2D eigenvalue weighted by molar-refractivity contribution is 5.82. The molecule has 3 atom stereocenters. The van der Waals surface area contributed by atoms with Crippen molar-refractivity contribution >= 4 is 11.8 Å². The fourth-order valence-corrected chi connectivity index (χ4v) is 5.62. The van der Waals surface area contributed by atoms with Gasteiger partial charge >= 0.3 is 0 Å². The average molecular weight is 432 g/mol. The number of alkyl halides is 1. The van der Waals surface area contributed by atoms with Gasteiger partial charge in [0.2, 0.25) is 0 Å². The lowest BCUT2D eigenvalue weighted by molar-refractivity contribution is -0.177. The van der Waals surface area contributed by atoms with Crippen molar-refractivity contribution in [1.29, 1.82) is 0 Å². The molecular formula is C23H29FN2O5. The molecular weight excluding hydrogens is 403 g/mol. The number of nitrogens with zero attached hydrogens (tertiary/aromatic N) is 1. The number of hydrogen-bond donors (Lipinski definition) is 1. The van der Waals surface area contributed by atoms with Gasteiger partial charge in [-0.05, 0) is 56.1 Å². The van der Waals surface area contributed by atoms with Crippen LogP contribution >= 0.6 is 0 Å². The average Bonchev–Trinajstić information content (AvgIpc) is 2.81. The van der Waals surface area contributed by atoms with Crippen LogP contribution in [0, 0.1) is 0 Å². The molecule has 1 N–H and O–H groups in total. The molecule has 2 amide bonds. The van der Waals surface area contributed by atoms with Crippen molar-refractivity contribution in [3.63, 3.8) is 0 Å². The summed E-state index contributed by atoms with van der Waals surface area (Å²) < 4.78 is 31.2. The number of amides is 2. The monoisotopic (exact) mass is 432 g/mol. The normalized spacial score (nSPS) is 36.4. The molecule has 2 bridgehead atoms. The van der Waals surface area contributed by atoms with E-state index in [2.05, 4.69) is 11.4 Å². The van der Waals surface area contributed by atoms with Crippen LogP contribution in [0.2, 0.25) is 0 Å². The van der Waals surface area contributed by atoms with E-state index in [0.29, 0.717) is 25.3 Å². The number of carbonyl (C=O) groups is 2. The van der Waals surface area contributed by atoms with E-state index < -0.39 is 23.8 Å². The quantitative estimate of drug-likeness (QED) is 0.681. The number of morpholine rings is 1. The maximum Gasteiger partial charge on any atom is 0.282 e. The maximum absolute atomic E-state index is 13.7. The molecule has 1 unspecified atom stereocenters. The van der Waals surface area contributed by atoms with Crippen LogP contribution in [0.3, 0.4) is 0 Å². The van der Waals surface area contributed by atoms with Gasteiger partial charge in [0.1, 0.15) is 5.75 Å². The van der Waals surface area contributed by atoms with E-state index in [4.69, 9.17) is 14.2 Å². The molecule has 7 nitrogen and oxygen atoms in total. The zero-order valence-corrected chi connectivity index (χ0v) is 17.6. The molecule has 1 aromatic rings. The number of fused-ring (bicyclic) bond motifs is 5. The Morgan fingerprint density at radius 2 is 1.90 bits per heavy atom. The first-order valence-corrected chi connectivity index (χ1v) is 11.3. The van der Waals surface area contributed by atoms with Crippen molar-refractivity contribution in [3.05, 3.63) is 29.8 Å². The number of hydrogen-bond acceptors (Lipinski definition) is 5. The summed E-state index contributed by atoms with van der Waals surface area (Å²) in [5.74, 6) is 0.213. The summed E-state index contributed by atoms with van der Waals surface area (Å²) in [4.78, 5) is 27.1. The predicted molar refractivity (Wildman–Crippen MR) is 109 cm³/mol. The van der Waals surface area contributed by atoms with Gasteiger partial charge in [-0.15, -0.1) is 0 Å². The largest absolute Gasteiger partial charge is 0.483 e. The first-order valence-electron chi connectivity index (χ1n) is 11.3. The Balaban J connectivity index is 1.45. The first-order chi connectivity index (χ1) is 15.1. The lowest BCUT2D eigenvalue weighted by Gasteiger charge is -2.51. The van der Waals surface area contributed by atoms with Crippen LogP contribution in [-0.2, 0) is 19.1 Å². The zero-order chi connectivity index (χ0) is 21.4. The van der Waals surface area contributed by atoms with Crippen LogP contribution in [0.1, 0.15) is 50.0 Å². The summed E-state index contributed by atoms with van der Waals surface area (Å²) in [6.45, 7) is 0.769. The van der Waals surface area contributed by atoms with E-state index in [-0.39, 0.29) is 31.8 Å². The molecule has 1 spiro atoms. The molecule has 31 heavy (non-hydrogen) atoms. The SMILES string of the molecule is O=C1N[C@]2(CCCN3C(=O)COc4ccccc4C4CCC(CC4)OC[C@H]32)COC1F. The van der Waals surface area contributed by atoms with Crippen molar-refractivity contribution in [3.8, 4) is 5.75 Å². The topological polar surface area (TPSA) is 77.1 Å². The minimum absolute atomic E-state index is 0.0220. The highest BCUT2D eigenvalue weighted by Crippen LogP contribution is 2.39. The number of benzene rings is 1. The summed E-state index contributed by atoms with van der Waals surface area (Å²) in [6, 6.07) is 7.53. The Kier molecular flexibility index (Phi) is 5.60. The summed E-state index contributed by atoms with van der Waals surface area (Å²) >= 11 is 0. The molecule has 0 aromatic heterocycles. The predicted octanol–water partition coefficient (Wildman–Crippen LogP) is 2.29. The fourth-order valence-electron chi connectivity index (χ4n) is 5.62.